The lowest BCUT2D eigenvalue weighted by molar-refractivity contribution is -0.0504. The molecule has 1 fully saturated rings. The van der Waals surface area contributed by atoms with Crippen molar-refractivity contribution >= 4 is 22.5 Å². The summed E-state index contributed by atoms with van der Waals surface area (Å²) in [5.41, 5.74) is 6.04. The molecular formula is C29H29F2N3O5. The molecule has 1 amide bonds. The number of ether oxygens (including phenoxy) is 2. The number of halogens is 2. The fourth-order valence-corrected chi connectivity index (χ4v) is 4.55. The van der Waals surface area contributed by atoms with Gasteiger partial charge in [0.05, 0.1) is 18.3 Å². The summed E-state index contributed by atoms with van der Waals surface area (Å²) in [7, 11) is 1.53. The van der Waals surface area contributed by atoms with Crippen molar-refractivity contribution in [2.45, 2.75) is 25.1 Å². The molecule has 0 unspecified atom stereocenters. The second kappa shape index (κ2) is 12.0. The van der Waals surface area contributed by atoms with Gasteiger partial charge in [-0.3, -0.25) is 9.78 Å². The predicted molar refractivity (Wildman–Crippen MR) is 143 cm³/mol. The lowest BCUT2D eigenvalue weighted by Crippen LogP contribution is -2.45. The number of hydrogen-bond donors (Lipinski definition) is 3. The highest BCUT2D eigenvalue weighted by Gasteiger charge is 2.38. The second-order valence-corrected chi connectivity index (χ2v) is 9.01. The van der Waals surface area contributed by atoms with E-state index in [1.54, 1.807) is 30.5 Å². The van der Waals surface area contributed by atoms with Gasteiger partial charge in [0, 0.05) is 42.0 Å². The molecule has 5 rings (SSSR count). The first kappa shape index (κ1) is 27.6. The lowest BCUT2D eigenvalue weighted by atomic mass is 9.83. The van der Waals surface area contributed by atoms with Gasteiger partial charge in [0.15, 0.2) is 0 Å². The van der Waals surface area contributed by atoms with Crippen molar-refractivity contribution in [3.05, 3.63) is 90.1 Å². The maximum absolute atomic E-state index is 12.8. The van der Waals surface area contributed by atoms with Crippen LogP contribution >= 0.6 is 0 Å². The van der Waals surface area contributed by atoms with Crippen molar-refractivity contribution < 1.29 is 33.3 Å². The molecule has 204 valence electrons. The molecule has 4 aromatic rings. The van der Waals surface area contributed by atoms with E-state index in [2.05, 4.69) is 9.72 Å². The van der Waals surface area contributed by atoms with Crippen LogP contribution in [0, 0.1) is 0 Å². The minimum absolute atomic E-state index is 0.0113. The topological polar surface area (TPSA) is 118 Å². The molecule has 2 heterocycles. The van der Waals surface area contributed by atoms with Crippen LogP contribution in [0.15, 0.2) is 79.0 Å². The van der Waals surface area contributed by atoms with Gasteiger partial charge in [0.1, 0.15) is 22.8 Å². The summed E-state index contributed by atoms with van der Waals surface area (Å²) in [5, 5.41) is 21.4. The summed E-state index contributed by atoms with van der Waals surface area (Å²) in [6.45, 7) is -2.55. The smallest absolute Gasteiger partial charge is 0.387 e. The fraction of sp³-hybridized carbons (Fsp3) is 0.241. The number of carbonyl (C=O) groups is 1. The average molecular weight is 538 g/mol. The van der Waals surface area contributed by atoms with Gasteiger partial charge < -0.3 is 30.3 Å². The largest absolute Gasteiger partial charge is 0.506 e. The maximum atomic E-state index is 12.8. The summed E-state index contributed by atoms with van der Waals surface area (Å²) in [6.07, 6.45) is 2.25. The van der Waals surface area contributed by atoms with Gasteiger partial charge in [-0.1, -0.05) is 36.4 Å². The molecule has 39 heavy (non-hydrogen) atoms. The minimum atomic E-state index is -3.06. The van der Waals surface area contributed by atoms with Crippen LogP contribution in [-0.4, -0.2) is 52.8 Å². The highest BCUT2D eigenvalue weighted by atomic mass is 19.3. The lowest BCUT2D eigenvalue weighted by Gasteiger charge is -2.39. The Kier molecular flexibility index (Phi) is 8.46. The number of fused-ring (bicyclic) bond motifs is 1. The Balaban J connectivity index is 0.000000265. The molecule has 3 aromatic carbocycles. The first-order valence-electron chi connectivity index (χ1n) is 12.2. The van der Waals surface area contributed by atoms with Crippen molar-refractivity contribution in [2.24, 2.45) is 0 Å². The number of piperidine rings is 1. The zero-order chi connectivity index (χ0) is 28.0. The van der Waals surface area contributed by atoms with E-state index < -0.39 is 18.1 Å². The molecule has 0 saturated carbocycles. The number of nitrogens with zero attached hydrogens (tertiary/aromatic N) is 2. The van der Waals surface area contributed by atoms with Crippen LogP contribution in [0.25, 0.3) is 10.9 Å². The molecule has 4 N–H and O–H groups in total. The number of rotatable bonds is 5. The number of alkyl halides is 2. The van der Waals surface area contributed by atoms with Crippen LogP contribution in [0.5, 0.6) is 17.2 Å². The van der Waals surface area contributed by atoms with Crippen LogP contribution in [0.1, 0.15) is 28.8 Å². The van der Waals surface area contributed by atoms with E-state index in [0.717, 1.165) is 5.39 Å². The minimum Gasteiger partial charge on any atom is -0.506 e. The number of nitrogen functional groups attached to an aromatic ring is 1. The molecule has 0 radical (unpaired) electrons. The number of aromatic nitrogens is 1. The van der Waals surface area contributed by atoms with Crippen LogP contribution in [0.4, 0.5) is 14.5 Å². The van der Waals surface area contributed by atoms with Gasteiger partial charge >= 0.3 is 6.61 Å². The Hall–Kier alpha value is -4.44. The molecule has 0 aliphatic carbocycles. The van der Waals surface area contributed by atoms with E-state index in [1.807, 2.05) is 30.3 Å². The van der Waals surface area contributed by atoms with Crippen molar-refractivity contribution in [2.75, 3.05) is 25.9 Å². The molecule has 1 aromatic heterocycles. The van der Waals surface area contributed by atoms with Crippen molar-refractivity contribution in [1.29, 1.82) is 0 Å². The number of amides is 1. The molecule has 1 aliphatic rings. The Morgan fingerprint density at radius 2 is 1.74 bits per heavy atom. The number of hydrogen-bond acceptors (Lipinski definition) is 7. The van der Waals surface area contributed by atoms with Gasteiger partial charge in [-0.25, -0.2) is 0 Å². The summed E-state index contributed by atoms with van der Waals surface area (Å²) in [4.78, 5) is 18.4. The number of benzene rings is 3. The Labute approximate surface area is 224 Å². The number of carbonyl (C=O) groups excluding carboxylic acids is 1. The van der Waals surface area contributed by atoms with Crippen LogP contribution in [0.2, 0.25) is 0 Å². The third-order valence-corrected chi connectivity index (χ3v) is 6.55. The first-order valence-corrected chi connectivity index (χ1v) is 12.2. The van der Waals surface area contributed by atoms with Gasteiger partial charge in [0.2, 0.25) is 0 Å². The van der Waals surface area contributed by atoms with Crippen LogP contribution in [0.3, 0.4) is 0 Å². The Bertz CT molecular complexity index is 1440. The van der Waals surface area contributed by atoms with Gasteiger partial charge in [-0.05, 0) is 43.2 Å². The number of aliphatic hydroxyl groups is 1. The summed E-state index contributed by atoms with van der Waals surface area (Å²) < 4.78 is 35.1. The molecule has 0 atom stereocenters. The molecule has 8 nitrogen and oxygen atoms in total. The number of likely N-dealkylation sites (tertiary alicyclic amines) is 1. The van der Waals surface area contributed by atoms with E-state index in [0.29, 0.717) is 29.7 Å². The third-order valence-electron chi connectivity index (χ3n) is 6.55. The molecule has 1 aliphatic heterocycles. The van der Waals surface area contributed by atoms with Crippen LogP contribution < -0.4 is 15.2 Å². The van der Waals surface area contributed by atoms with E-state index in [1.165, 1.54) is 30.2 Å². The highest BCUT2D eigenvalue weighted by molar-refractivity contribution is 5.97. The van der Waals surface area contributed by atoms with Crippen molar-refractivity contribution in [3.63, 3.8) is 0 Å². The number of pyridine rings is 1. The van der Waals surface area contributed by atoms with Gasteiger partial charge in [0.25, 0.3) is 5.91 Å². The normalized spacial score (nSPS) is 14.4. The number of methoxy groups -OCH3 is 1. The van der Waals surface area contributed by atoms with Gasteiger partial charge in [-0.2, -0.15) is 8.78 Å². The number of anilines is 1. The number of phenols is 1. The van der Waals surface area contributed by atoms with E-state index >= 15 is 0 Å². The second-order valence-electron chi connectivity index (χ2n) is 9.01. The number of phenolic OH excluding ortho intramolecular Hbond substituents is 1. The van der Waals surface area contributed by atoms with Crippen LogP contribution in [-0.2, 0) is 5.60 Å². The quantitative estimate of drug-likeness (QED) is 0.309. The van der Waals surface area contributed by atoms with E-state index in [4.69, 9.17) is 10.5 Å². The van der Waals surface area contributed by atoms with E-state index in [9.17, 15) is 23.8 Å². The van der Waals surface area contributed by atoms with Crippen molar-refractivity contribution in [3.8, 4) is 17.2 Å². The number of para-hydroxylation sites is 2. The molecule has 1 saturated heterocycles. The number of aromatic hydroxyl groups is 1. The standard InChI is InChI=1S/C20H22F2N2O4.C9H7NO/c1-27-16-5-3-2-4-15(16)20(26)8-10-24(11-9-20)18(25)14-7-6-13(23)12-17(14)28-19(21)22;11-8-5-1-3-7-4-2-6-10-9(7)8/h2-7,12,19,26H,8-11,23H2,1H3;1-6,11H. The summed E-state index contributed by atoms with van der Waals surface area (Å²) in [6, 6.07) is 20.4. The SMILES string of the molecule is COc1ccccc1C1(O)CCN(C(=O)c2ccc(N)cc2OC(F)F)CC1.Oc1cccc2cccnc12. The first-order chi connectivity index (χ1) is 18.7. The Morgan fingerprint density at radius 3 is 2.44 bits per heavy atom. The van der Waals surface area contributed by atoms with E-state index in [-0.39, 0.29) is 35.8 Å². The number of nitrogens with two attached hydrogens (primary N) is 1. The van der Waals surface area contributed by atoms with Crippen molar-refractivity contribution in [1.82, 2.24) is 9.88 Å². The molecule has 0 spiro atoms. The Morgan fingerprint density at radius 1 is 1.03 bits per heavy atom. The molecular weight excluding hydrogens is 508 g/mol. The highest BCUT2D eigenvalue weighted by Crippen LogP contribution is 2.38. The zero-order valence-corrected chi connectivity index (χ0v) is 21.3. The third kappa shape index (κ3) is 6.35. The average Bonchev–Trinajstić information content (AvgIpc) is 2.93. The monoisotopic (exact) mass is 537 g/mol. The molecule has 10 heteroatoms. The fourth-order valence-electron chi connectivity index (χ4n) is 4.55. The summed E-state index contributed by atoms with van der Waals surface area (Å²) >= 11 is 0. The maximum Gasteiger partial charge on any atom is 0.387 e. The zero-order valence-electron chi connectivity index (χ0n) is 21.3. The van der Waals surface area contributed by atoms with Gasteiger partial charge in [-0.15, -0.1) is 0 Å². The molecule has 0 bridgehead atoms. The summed E-state index contributed by atoms with van der Waals surface area (Å²) in [5.74, 6) is 0.113. The predicted octanol–water partition coefficient (Wildman–Crippen LogP) is 4.94.